The topological polar surface area (TPSA) is 95.9 Å². The van der Waals surface area contributed by atoms with E-state index in [-0.39, 0.29) is 18.5 Å². The van der Waals surface area contributed by atoms with Gasteiger partial charge in [-0.15, -0.1) is 0 Å². The lowest BCUT2D eigenvalue weighted by Gasteiger charge is -2.22. The fourth-order valence-electron chi connectivity index (χ4n) is 8.10. The molecular formula is C54H103NO5. The molecule has 354 valence electrons. The normalized spacial score (nSPS) is 12.8. The molecule has 0 spiro atoms. The molecule has 0 saturated heterocycles. The number of unbranched alkanes of at least 4 members (excludes halogenated alkanes) is 34. The molecule has 3 N–H and O–H groups in total. The summed E-state index contributed by atoms with van der Waals surface area (Å²) in [4.78, 5) is 24.4. The predicted octanol–water partition coefficient (Wildman–Crippen LogP) is 15.9. The van der Waals surface area contributed by atoms with Crippen molar-refractivity contribution in [2.75, 3.05) is 13.2 Å². The zero-order valence-electron chi connectivity index (χ0n) is 40.2. The van der Waals surface area contributed by atoms with Crippen LogP contribution in [0, 0.1) is 0 Å². The Labute approximate surface area is 373 Å². The average Bonchev–Trinajstić information content (AvgIpc) is 3.25. The summed E-state index contributed by atoms with van der Waals surface area (Å²) in [6.45, 7) is 4.91. The van der Waals surface area contributed by atoms with Gasteiger partial charge in [0, 0.05) is 12.8 Å². The standard InChI is InChI=1S/C54H103NO5/c1-3-5-7-9-11-13-14-15-25-28-32-36-40-44-48-54(59)60-49-45-41-37-33-29-26-23-21-19-17-16-18-20-22-24-27-31-35-39-43-47-53(58)55-51(50-56)52(57)46-42-38-34-30-12-10-8-6-4-2/h14-16,18,51-52,56-57H,3-13,17,19-50H2,1-2H3,(H,55,58)/b15-14-,18-16-. The highest BCUT2D eigenvalue weighted by Gasteiger charge is 2.20. The van der Waals surface area contributed by atoms with E-state index in [2.05, 4.69) is 43.5 Å². The summed E-state index contributed by atoms with van der Waals surface area (Å²) in [6, 6.07) is -0.545. The third-order valence-electron chi connectivity index (χ3n) is 12.2. The maximum atomic E-state index is 12.4. The van der Waals surface area contributed by atoms with Crippen molar-refractivity contribution in [1.29, 1.82) is 0 Å². The molecule has 0 aliphatic carbocycles. The van der Waals surface area contributed by atoms with E-state index < -0.39 is 12.1 Å². The molecule has 60 heavy (non-hydrogen) atoms. The highest BCUT2D eigenvalue weighted by molar-refractivity contribution is 5.76. The van der Waals surface area contributed by atoms with Crippen molar-refractivity contribution >= 4 is 11.9 Å². The van der Waals surface area contributed by atoms with Crippen molar-refractivity contribution in [1.82, 2.24) is 5.32 Å². The average molecular weight is 846 g/mol. The van der Waals surface area contributed by atoms with E-state index in [1.165, 1.54) is 205 Å². The minimum atomic E-state index is -0.667. The first-order valence-corrected chi connectivity index (χ1v) is 26.6. The van der Waals surface area contributed by atoms with E-state index in [4.69, 9.17) is 4.74 Å². The quantitative estimate of drug-likeness (QED) is 0.0322. The van der Waals surface area contributed by atoms with Crippen LogP contribution in [0.25, 0.3) is 0 Å². The molecule has 0 radical (unpaired) electrons. The second kappa shape index (κ2) is 50.0. The first-order chi connectivity index (χ1) is 29.5. The first-order valence-electron chi connectivity index (χ1n) is 26.6. The van der Waals surface area contributed by atoms with Crippen LogP contribution in [-0.2, 0) is 14.3 Å². The van der Waals surface area contributed by atoms with Gasteiger partial charge in [-0.3, -0.25) is 9.59 Å². The molecule has 0 saturated carbocycles. The number of carbonyl (C=O) groups excluding carboxylic acids is 2. The molecule has 2 atom stereocenters. The van der Waals surface area contributed by atoms with Gasteiger partial charge in [0.25, 0.3) is 0 Å². The molecule has 0 heterocycles. The Hall–Kier alpha value is -1.66. The molecule has 0 aromatic heterocycles. The van der Waals surface area contributed by atoms with Crippen LogP contribution in [0.15, 0.2) is 24.3 Å². The van der Waals surface area contributed by atoms with Crippen LogP contribution in [0.1, 0.15) is 284 Å². The van der Waals surface area contributed by atoms with Gasteiger partial charge in [-0.05, 0) is 77.0 Å². The number of nitrogens with one attached hydrogen (secondary N) is 1. The van der Waals surface area contributed by atoms with Gasteiger partial charge in [0.1, 0.15) is 0 Å². The van der Waals surface area contributed by atoms with Crippen LogP contribution in [0.2, 0.25) is 0 Å². The molecule has 0 fully saturated rings. The van der Waals surface area contributed by atoms with Crippen molar-refractivity contribution < 1.29 is 24.5 Å². The van der Waals surface area contributed by atoms with Gasteiger partial charge in [-0.1, -0.05) is 218 Å². The van der Waals surface area contributed by atoms with Crippen LogP contribution in [0.5, 0.6) is 0 Å². The van der Waals surface area contributed by atoms with Gasteiger partial charge in [0.2, 0.25) is 5.91 Å². The Bertz CT molecular complexity index is 935. The third kappa shape index (κ3) is 45.9. The molecular weight excluding hydrogens is 743 g/mol. The minimum absolute atomic E-state index is 0.00272. The van der Waals surface area contributed by atoms with Crippen molar-refractivity contribution in [3.63, 3.8) is 0 Å². The number of ether oxygens (including phenoxy) is 1. The number of esters is 1. The minimum Gasteiger partial charge on any atom is -0.466 e. The zero-order valence-corrected chi connectivity index (χ0v) is 40.2. The molecule has 0 aliphatic rings. The molecule has 6 nitrogen and oxygen atoms in total. The number of rotatable bonds is 49. The van der Waals surface area contributed by atoms with Gasteiger partial charge in [0.15, 0.2) is 0 Å². The zero-order chi connectivity index (χ0) is 43.7. The highest BCUT2D eigenvalue weighted by Crippen LogP contribution is 2.16. The Morgan fingerprint density at radius 3 is 1.18 bits per heavy atom. The Kier molecular flexibility index (Phi) is 48.6. The van der Waals surface area contributed by atoms with E-state index >= 15 is 0 Å². The smallest absolute Gasteiger partial charge is 0.305 e. The fraction of sp³-hybridized carbons (Fsp3) is 0.889. The summed E-state index contributed by atoms with van der Waals surface area (Å²) in [5, 5.41) is 23.1. The third-order valence-corrected chi connectivity index (χ3v) is 12.2. The van der Waals surface area contributed by atoms with Crippen LogP contribution < -0.4 is 5.32 Å². The molecule has 0 aromatic carbocycles. The van der Waals surface area contributed by atoms with E-state index in [1.807, 2.05) is 0 Å². The number of amides is 1. The number of aliphatic hydroxyl groups is 2. The van der Waals surface area contributed by atoms with Gasteiger partial charge in [-0.25, -0.2) is 0 Å². The second-order valence-electron chi connectivity index (χ2n) is 18.2. The molecule has 0 aliphatic heterocycles. The summed E-state index contributed by atoms with van der Waals surface area (Å²) < 4.78 is 5.46. The summed E-state index contributed by atoms with van der Waals surface area (Å²) in [6.07, 6.45) is 58.8. The largest absolute Gasteiger partial charge is 0.466 e. The molecule has 0 bridgehead atoms. The lowest BCUT2D eigenvalue weighted by Crippen LogP contribution is -2.45. The van der Waals surface area contributed by atoms with E-state index in [1.54, 1.807) is 0 Å². The predicted molar refractivity (Wildman–Crippen MR) is 260 cm³/mol. The summed E-state index contributed by atoms with van der Waals surface area (Å²) >= 11 is 0. The summed E-state index contributed by atoms with van der Waals surface area (Å²) in [5.74, 6) is -0.0491. The number of allylic oxidation sites excluding steroid dienone is 4. The van der Waals surface area contributed by atoms with Crippen molar-refractivity contribution in [3.05, 3.63) is 24.3 Å². The lowest BCUT2D eigenvalue weighted by molar-refractivity contribution is -0.143. The first kappa shape index (κ1) is 58.3. The van der Waals surface area contributed by atoms with Crippen LogP contribution in [0.3, 0.4) is 0 Å². The Morgan fingerprint density at radius 1 is 0.450 bits per heavy atom. The van der Waals surface area contributed by atoms with Crippen molar-refractivity contribution in [2.24, 2.45) is 0 Å². The summed E-state index contributed by atoms with van der Waals surface area (Å²) in [5.41, 5.74) is 0. The summed E-state index contributed by atoms with van der Waals surface area (Å²) in [7, 11) is 0. The van der Waals surface area contributed by atoms with Crippen LogP contribution >= 0.6 is 0 Å². The molecule has 2 unspecified atom stereocenters. The molecule has 1 amide bonds. The van der Waals surface area contributed by atoms with Crippen LogP contribution in [0.4, 0.5) is 0 Å². The monoisotopic (exact) mass is 846 g/mol. The van der Waals surface area contributed by atoms with E-state index in [0.717, 1.165) is 44.9 Å². The molecule has 0 aromatic rings. The second-order valence-corrected chi connectivity index (χ2v) is 18.2. The number of aliphatic hydroxyl groups excluding tert-OH is 2. The van der Waals surface area contributed by atoms with E-state index in [9.17, 15) is 19.8 Å². The number of hydrogen-bond donors (Lipinski definition) is 3. The van der Waals surface area contributed by atoms with Gasteiger partial charge in [-0.2, -0.15) is 0 Å². The van der Waals surface area contributed by atoms with E-state index in [0.29, 0.717) is 25.9 Å². The maximum absolute atomic E-state index is 12.4. The SMILES string of the molecule is CCCCCCC/C=C\CCCCCCCC(=O)OCCCCCCCCCCC/C=C\CCCCCCCCCC(=O)NC(CO)C(O)CCCCCCCCCCC. The van der Waals surface area contributed by atoms with Gasteiger partial charge >= 0.3 is 5.97 Å². The van der Waals surface area contributed by atoms with Gasteiger partial charge in [0.05, 0.1) is 25.4 Å². The van der Waals surface area contributed by atoms with Gasteiger partial charge < -0.3 is 20.3 Å². The number of hydrogen-bond acceptors (Lipinski definition) is 5. The Morgan fingerprint density at radius 2 is 0.783 bits per heavy atom. The van der Waals surface area contributed by atoms with Crippen molar-refractivity contribution in [3.8, 4) is 0 Å². The highest BCUT2D eigenvalue weighted by atomic mass is 16.5. The number of carbonyl (C=O) groups is 2. The molecule has 6 heteroatoms. The van der Waals surface area contributed by atoms with Crippen molar-refractivity contribution in [2.45, 2.75) is 296 Å². The molecule has 0 rings (SSSR count). The van der Waals surface area contributed by atoms with Crippen LogP contribution in [-0.4, -0.2) is 47.4 Å². The Balaban J connectivity index is 3.41. The fourth-order valence-corrected chi connectivity index (χ4v) is 8.10. The maximum Gasteiger partial charge on any atom is 0.305 e. The lowest BCUT2D eigenvalue weighted by atomic mass is 10.0.